The first-order valence-corrected chi connectivity index (χ1v) is 13.1. The maximum atomic E-state index is 5.41. The number of hydrogen-bond acceptors (Lipinski definition) is 2. The standard InChI is InChI=1S/C35H30N2/c1-34(2)24-16-11-17-25-30(24)31(32-26(34)18-20-28(36-32)22-12-7-5-8-13-22)33-27(35(25,3)4)19-21-29(37-33)23-14-9-6-10-15-23/h5-21,31H,1-4H3. The van der Waals surface area contributed by atoms with Gasteiger partial charge in [-0.05, 0) is 39.9 Å². The van der Waals surface area contributed by atoms with Crippen LogP contribution in [-0.2, 0) is 10.8 Å². The highest BCUT2D eigenvalue weighted by molar-refractivity contribution is 5.70. The summed E-state index contributed by atoms with van der Waals surface area (Å²) in [5, 5.41) is 0. The number of aromatic nitrogens is 2. The molecule has 2 heteroatoms. The number of fused-ring (bicyclic) bond motifs is 4. The Morgan fingerprint density at radius 1 is 0.459 bits per heavy atom. The van der Waals surface area contributed by atoms with E-state index in [2.05, 4.69) is 131 Å². The minimum absolute atomic E-state index is 0.00424. The summed E-state index contributed by atoms with van der Waals surface area (Å²) in [6, 6.07) is 36.9. The SMILES string of the molecule is CC1(C)c2ccc(-c3ccccc3)nc2C2c3nc(-c4ccccc4)ccc3C(C)(C)c3cccc1c32. The van der Waals surface area contributed by atoms with Crippen molar-refractivity contribution in [2.75, 3.05) is 0 Å². The first-order chi connectivity index (χ1) is 17.9. The average Bonchev–Trinajstić information content (AvgIpc) is 2.93. The first-order valence-electron chi connectivity index (χ1n) is 13.1. The Morgan fingerprint density at radius 2 is 0.892 bits per heavy atom. The number of rotatable bonds is 2. The Bertz CT molecular complexity index is 1540. The van der Waals surface area contributed by atoms with Gasteiger partial charge in [0.2, 0.25) is 0 Å². The molecule has 0 unspecified atom stereocenters. The van der Waals surface area contributed by atoms with Crippen LogP contribution in [0.2, 0.25) is 0 Å². The molecule has 2 aliphatic carbocycles. The lowest BCUT2D eigenvalue weighted by molar-refractivity contribution is 0.534. The summed E-state index contributed by atoms with van der Waals surface area (Å²) < 4.78 is 0. The summed E-state index contributed by atoms with van der Waals surface area (Å²) in [4.78, 5) is 10.8. The molecule has 0 radical (unpaired) electrons. The molecule has 0 amide bonds. The molecule has 0 fully saturated rings. The zero-order valence-corrected chi connectivity index (χ0v) is 21.8. The van der Waals surface area contributed by atoms with E-state index in [1.807, 2.05) is 0 Å². The molecule has 3 aromatic carbocycles. The van der Waals surface area contributed by atoms with E-state index in [1.54, 1.807) is 0 Å². The van der Waals surface area contributed by atoms with Crippen molar-refractivity contribution >= 4 is 0 Å². The van der Waals surface area contributed by atoms with Gasteiger partial charge in [-0.3, -0.25) is 9.97 Å². The third kappa shape index (κ3) is 3.12. The number of nitrogens with zero attached hydrogens (tertiary/aromatic N) is 2. The van der Waals surface area contributed by atoms with E-state index in [9.17, 15) is 0 Å². The van der Waals surface area contributed by atoms with Crippen LogP contribution in [0.4, 0.5) is 0 Å². The summed E-state index contributed by atoms with van der Waals surface area (Å²) in [6.07, 6.45) is 0. The normalized spacial score (nSPS) is 16.4. The van der Waals surface area contributed by atoms with E-state index < -0.39 is 0 Å². The van der Waals surface area contributed by atoms with E-state index in [-0.39, 0.29) is 16.7 Å². The van der Waals surface area contributed by atoms with Crippen molar-refractivity contribution in [3.63, 3.8) is 0 Å². The van der Waals surface area contributed by atoms with Crippen LogP contribution in [0, 0.1) is 0 Å². The molecule has 0 bridgehead atoms. The second-order valence-corrected chi connectivity index (χ2v) is 11.4. The van der Waals surface area contributed by atoms with Crippen LogP contribution in [0.25, 0.3) is 22.5 Å². The van der Waals surface area contributed by atoms with Crippen molar-refractivity contribution in [3.8, 4) is 22.5 Å². The summed E-state index contributed by atoms with van der Waals surface area (Å²) in [6.45, 7) is 9.38. The summed E-state index contributed by atoms with van der Waals surface area (Å²) in [7, 11) is 0. The summed E-state index contributed by atoms with van der Waals surface area (Å²) in [5.74, 6) is 0.00424. The Hall–Kier alpha value is -4.04. The summed E-state index contributed by atoms with van der Waals surface area (Å²) in [5.41, 5.74) is 13.1. The van der Waals surface area contributed by atoms with Gasteiger partial charge in [0, 0.05) is 22.0 Å². The Kier molecular flexibility index (Phi) is 4.63. The largest absolute Gasteiger partial charge is 0.251 e. The highest BCUT2D eigenvalue weighted by Crippen LogP contribution is 2.56. The van der Waals surface area contributed by atoms with Gasteiger partial charge in [-0.15, -0.1) is 0 Å². The van der Waals surface area contributed by atoms with E-state index in [4.69, 9.17) is 9.97 Å². The highest BCUT2D eigenvalue weighted by atomic mass is 14.8. The summed E-state index contributed by atoms with van der Waals surface area (Å²) >= 11 is 0. The van der Waals surface area contributed by atoms with Crippen molar-refractivity contribution in [3.05, 3.63) is 142 Å². The fourth-order valence-corrected chi connectivity index (χ4v) is 6.65. The molecule has 0 saturated carbocycles. The van der Waals surface area contributed by atoms with E-state index in [0.717, 1.165) is 33.9 Å². The fraction of sp³-hybridized carbons (Fsp3) is 0.200. The van der Waals surface area contributed by atoms with Gasteiger partial charge in [0.1, 0.15) is 0 Å². The zero-order valence-electron chi connectivity index (χ0n) is 21.8. The van der Waals surface area contributed by atoms with Crippen LogP contribution in [0.5, 0.6) is 0 Å². The van der Waals surface area contributed by atoms with Crippen LogP contribution in [-0.4, -0.2) is 9.97 Å². The average molecular weight is 479 g/mol. The van der Waals surface area contributed by atoms with Crippen molar-refractivity contribution in [1.29, 1.82) is 0 Å². The Balaban J connectivity index is 1.55. The molecule has 2 nitrogen and oxygen atoms in total. The molecular weight excluding hydrogens is 448 g/mol. The highest BCUT2D eigenvalue weighted by Gasteiger charge is 2.47. The molecule has 0 saturated heterocycles. The van der Waals surface area contributed by atoms with Crippen LogP contribution in [0.15, 0.2) is 103 Å². The van der Waals surface area contributed by atoms with Crippen LogP contribution in [0.3, 0.4) is 0 Å². The third-order valence-electron chi connectivity index (χ3n) is 8.62. The van der Waals surface area contributed by atoms with Gasteiger partial charge in [-0.2, -0.15) is 0 Å². The van der Waals surface area contributed by atoms with E-state index >= 15 is 0 Å². The maximum Gasteiger partial charge on any atom is 0.0705 e. The molecule has 5 aromatic rings. The molecule has 2 aromatic heterocycles. The molecule has 2 heterocycles. The van der Waals surface area contributed by atoms with Crippen molar-refractivity contribution in [2.24, 2.45) is 0 Å². The number of pyridine rings is 2. The molecule has 7 rings (SSSR count). The second-order valence-electron chi connectivity index (χ2n) is 11.4. The van der Waals surface area contributed by atoms with Crippen molar-refractivity contribution in [2.45, 2.75) is 44.4 Å². The molecule has 0 N–H and O–H groups in total. The predicted molar refractivity (Wildman–Crippen MR) is 151 cm³/mol. The van der Waals surface area contributed by atoms with Crippen molar-refractivity contribution < 1.29 is 0 Å². The van der Waals surface area contributed by atoms with Gasteiger partial charge < -0.3 is 0 Å². The zero-order chi connectivity index (χ0) is 25.4. The lowest BCUT2D eigenvalue weighted by Gasteiger charge is -2.46. The topological polar surface area (TPSA) is 25.8 Å². The molecule has 0 spiro atoms. The van der Waals surface area contributed by atoms with Gasteiger partial charge in [-0.25, -0.2) is 0 Å². The molecule has 180 valence electrons. The fourth-order valence-electron chi connectivity index (χ4n) is 6.65. The predicted octanol–water partition coefficient (Wildman–Crippen LogP) is 8.27. The first kappa shape index (κ1) is 22.2. The Labute approximate surface area is 219 Å². The monoisotopic (exact) mass is 478 g/mol. The second kappa shape index (κ2) is 7.73. The smallest absolute Gasteiger partial charge is 0.0705 e. The van der Waals surface area contributed by atoms with Gasteiger partial charge in [0.05, 0.1) is 28.7 Å². The molecule has 37 heavy (non-hydrogen) atoms. The maximum absolute atomic E-state index is 5.41. The Morgan fingerprint density at radius 3 is 1.32 bits per heavy atom. The van der Waals surface area contributed by atoms with Crippen LogP contribution >= 0.6 is 0 Å². The molecule has 0 aliphatic heterocycles. The minimum atomic E-state index is -0.149. The lowest BCUT2D eigenvalue weighted by Crippen LogP contribution is -2.38. The van der Waals surface area contributed by atoms with Crippen LogP contribution in [0.1, 0.15) is 72.8 Å². The molecule has 0 atom stereocenters. The third-order valence-corrected chi connectivity index (χ3v) is 8.62. The van der Waals surface area contributed by atoms with Gasteiger partial charge in [-0.1, -0.05) is 119 Å². The molecule has 2 aliphatic rings. The van der Waals surface area contributed by atoms with E-state index in [0.29, 0.717) is 0 Å². The lowest BCUT2D eigenvalue weighted by atomic mass is 9.58. The van der Waals surface area contributed by atoms with Crippen molar-refractivity contribution in [1.82, 2.24) is 9.97 Å². The van der Waals surface area contributed by atoms with Gasteiger partial charge in [0.15, 0.2) is 0 Å². The quantitative estimate of drug-likeness (QED) is 0.255. The van der Waals surface area contributed by atoms with Gasteiger partial charge >= 0.3 is 0 Å². The van der Waals surface area contributed by atoms with Crippen LogP contribution < -0.4 is 0 Å². The number of benzene rings is 3. The van der Waals surface area contributed by atoms with E-state index in [1.165, 1.54) is 27.8 Å². The number of hydrogen-bond donors (Lipinski definition) is 0. The molecular formula is C35H30N2. The minimum Gasteiger partial charge on any atom is -0.251 e. The van der Waals surface area contributed by atoms with Gasteiger partial charge in [0.25, 0.3) is 0 Å².